The van der Waals surface area contributed by atoms with E-state index in [0.717, 1.165) is 22.4 Å². The van der Waals surface area contributed by atoms with E-state index in [9.17, 15) is 4.79 Å². The smallest absolute Gasteiger partial charge is 0.251 e. The second kappa shape index (κ2) is 8.33. The first-order chi connectivity index (χ1) is 14.7. The molecule has 1 saturated heterocycles. The topological polar surface area (TPSA) is 83.8 Å². The molecule has 0 saturated carbocycles. The fourth-order valence-electron chi connectivity index (χ4n) is 3.64. The minimum absolute atomic E-state index is 0.1000. The first kappa shape index (κ1) is 18.9. The van der Waals surface area contributed by atoms with Crippen molar-refractivity contribution in [3.8, 4) is 11.5 Å². The van der Waals surface area contributed by atoms with Gasteiger partial charge in [0.25, 0.3) is 5.91 Å². The third-order valence-corrected chi connectivity index (χ3v) is 5.15. The molecule has 2 aliphatic heterocycles. The number of ether oxygens (including phenoxy) is 4. The van der Waals surface area contributed by atoms with Gasteiger partial charge in [-0.25, -0.2) is 0 Å². The molecule has 1 amide bonds. The molecule has 3 heterocycles. The predicted octanol–water partition coefficient (Wildman–Crippen LogP) is 2.02. The van der Waals surface area contributed by atoms with Crippen LogP contribution in [0, 0.1) is 0 Å². The average Bonchev–Trinajstić information content (AvgIpc) is 3.19. The van der Waals surface area contributed by atoms with Crippen molar-refractivity contribution in [1.29, 1.82) is 0 Å². The van der Waals surface area contributed by atoms with E-state index in [2.05, 4.69) is 10.4 Å². The van der Waals surface area contributed by atoms with Crippen LogP contribution in [0.25, 0.3) is 10.9 Å². The number of carbonyl (C=O) groups is 1. The Morgan fingerprint density at radius 3 is 2.87 bits per heavy atom. The molecular formula is C22H23N3O5. The number of amides is 1. The molecule has 1 N–H and O–H groups in total. The van der Waals surface area contributed by atoms with Gasteiger partial charge in [0.15, 0.2) is 17.6 Å². The van der Waals surface area contributed by atoms with Gasteiger partial charge in [-0.05, 0) is 30.3 Å². The lowest BCUT2D eigenvalue weighted by Crippen LogP contribution is -2.39. The van der Waals surface area contributed by atoms with Gasteiger partial charge in [0.2, 0.25) is 0 Å². The number of fused-ring (bicyclic) bond motifs is 2. The van der Waals surface area contributed by atoms with Crippen molar-refractivity contribution in [2.45, 2.75) is 18.8 Å². The molecule has 0 bridgehead atoms. The molecular weight excluding hydrogens is 386 g/mol. The van der Waals surface area contributed by atoms with Crippen LogP contribution in [-0.4, -0.2) is 60.9 Å². The lowest BCUT2D eigenvalue weighted by Gasteiger charge is -2.26. The molecule has 8 nitrogen and oxygen atoms in total. The minimum Gasteiger partial charge on any atom is -0.486 e. The number of carbonyl (C=O) groups excluding carboxylic acids is 1. The number of benzene rings is 2. The highest BCUT2D eigenvalue weighted by Gasteiger charge is 2.22. The summed E-state index contributed by atoms with van der Waals surface area (Å²) in [6.45, 7) is 3.13. The molecule has 30 heavy (non-hydrogen) atoms. The normalized spacial score (nSPS) is 20.8. The summed E-state index contributed by atoms with van der Waals surface area (Å²) in [4.78, 5) is 12.5. The van der Waals surface area contributed by atoms with Crippen molar-refractivity contribution in [3.05, 3.63) is 54.2 Å². The summed E-state index contributed by atoms with van der Waals surface area (Å²) in [5.41, 5.74) is 1.41. The van der Waals surface area contributed by atoms with Gasteiger partial charge in [0, 0.05) is 23.7 Å². The fraction of sp³-hybridized carbons (Fsp3) is 0.364. The van der Waals surface area contributed by atoms with E-state index in [0.29, 0.717) is 45.1 Å². The SMILES string of the molecule is O=C(NCC1COCCO1)c1ccc2nn(CC3COc4ccccc4O3)cc2c1. The van der Waals surface area contributed by atoms with Crippen LogP contribution in [-0.2, 0) is 16.0 Å². The maximum Gasteiger partial charge on any atom is 0.251 e. The van der Waals surface area contributed by atoms with Gasteiger partial charge in [-0.15, -0.1) is 0 Å². The Balaban J connectivity index is 1.23. The number of rotatable bonds is 5. The Kier molecular flexibility index (Phi) is 5.25. The number of nitrogens with zero attached hydrogens (tertiary/aromatic N) is 2. The van der Waals surface area contributed by atoms with Crippen LogP contribution in [0.4, 0.5) is 0 Å². The van der Waals surface area contributed by atoms with Crippen LogP contribution in [0.15, 0.2) is 48.7 Å². The quantitative estimate of drug-likeness (QED) is 0.694. The third-order valence-electron chi connectivity index (χ3n) is 5.15. The molecule has 0 radical (unpaired) electrons. The van der Waals surface area contributed by atoms with Crippen molar-refractivity contribution in [3.63, 3.8) is 0 Å². The third kappa shape index (κ3) is 4.10. The predicted molar refractivity (Wildman–Crippen MR) is 109 cm³/mol. The summed E-state index contributed by atoms with van der Waals surface area (Å²) >= 11 is 0. The van der Waals surface area contributed by atoms with Crippen molar-refractivity contribution in [2.75, 3.05) is 33.0 Å². The first-order valence-corrected chi connectivity index (χ1v) is 10.1. The van der Waals surface area contributed by atoms with E-state index in [1.54, 1.807) is 6.07 Å². The van der Waals surface area contributed by atoms with Crippen LogP contribution < -0.4 is 14.8 Å². The van der Waals surface area contributed by atoms with Crippen LogP contribution in [0.2, 0.25) is 0 Å². The molecule has 2 aromatic carbocycles. The van der Waals surface area contributed by atoms with E-state index in [1.165, 1.54) is 0 Å². The minimum atomic E-state index is -0.139. The fourth-order valence-corrected chi connectivity index (χ4v) is 3.64. The molecule has 2 aliphatic rings. The molecule has 0 aliphatic carbocycles. The molecule has 156 valence electrons. The zero-order valence-electron chi connectivity index (χ0n) is 16.5. The number of para-hydroxylation sites is 2. The van der Waals surface area contributed by atoms with Crippen LogP contribution in [0.3, 0.4) is 0 Å². The standard InChI is InChI=1S/C22H23N3O5/c26-22(23-10-17-13-27-7-8-28-17)15-5-6-19-16(9-15)11-25(24-19)12-18-14-29-20-3-1-2-4-21(20)30-18/h1-6,9,11,17-18H,7-8,10,12-14H2,(H,23,26). The Bertz CT molecular complexity index is 1040. The molecule has 3 aromatic rings. The maximum absolute atomic E-state index is 12.5. The summed E-state index contributed by atoms with van der Waals surface area (Å²) in [5, 5.41) is 8.40. The van der Waals surface area contributed by atoms with Gasteiger partial charge in [-0.2, -0.15) is 5.10 Å². The maximum atomic E-state index is 12.5. The summed E-state index contributed by atoms with van der Waals surface area (Å²) in [6, 6.07) is 13.1. The van der Waals surface area contributed by atoms with E-state index in [-0.39, 0.29) is 18.1 Å². The zero-order valence-corrected chi connectivity index (χ0v) is 16.5. The van der Waals surface area contributed by atoms with Gasteiger partial charge >= 0.3 is 0 Å². The summed E-state index contributed by atoms with van der Waals surface area (Å²) < 4.78 is 24.5. The number of hydrogen-bond acceptors (Lipinski definition) is 6. The van der Waals surface area contributed by atoms with Crippen LogP contribution >= 0.6 is 0 Å². The Morgan fingerprint density at radius 1 is 1.10 bits per heavy atom. The summed E-state index contributed by atoms with van der Waals surface area (Å²) in [6.07, 6.45) is 1.69. The van der Waals surface area contributed by atoms with Gasteiger partial charge in [-0.3, -0.25) is 9.48 Å². The van der Waals surface area contributed by atoms with Crippen LogP contribution in [0.1, 0.15) is 10.4 Å². The Labute approximate surface area is 173 Å². The summed E-state index contributed by atoms with van der Waals surface area (Å²) in [5.74, 6) is 1.37. The van der Waals surface area contributed by atoms with Crippen LogP contribution in [0.5, 0.6) is 11.5 Å². The first-order valence-electron chi connectivity index (χ1n) is 10.1. The average molecular weight is 409 g/mol. The van der Waals surface area contributed by atoms with Gasteiger partial charge < -0.3 is 24.3 Å². The van der Waals surface area contributed by atoms with Gasteiger partial charge in [0.05, 0.1) is 38.0 Å². The lowest BCUT2D eigenvalue weighted by atomic mass is 10.1. The van der Waals surface area contributed by atoms with Crippen molar-refractivity contribution in [2.24, 2.45) is 0 Å². The number of hydrogen-bond donors (Lipinski definition) is 1. The van der Waals surface area contributed by atoms with Gasteiger partial charge in [0.1, 0.15) is 6.61 Å². The van der Waals surface area contributed by atoms with E-state index in [1.807, 2.05) is 47.3 Å². The second-order valence-corrected chi connectivity index (χ2v) is 7.40. The van der Waals surface area contributed by atoms with Crippen molar-refractivity contribution in [1.82, 2.24) is 15.1 Å². The zero-order chi connectivity index (χ0) is 20.3. The number of nitrogens with one attached hydrogen (secondary N) is 1. The molecule has 1 fully saturated rings. The monoisotopic (exact) mass is 409 g/mol. The Hall–Kier alpha value is -3.10. The highest BCUT2D eigenvalue weighted by atomic mass is 16.6. The highest BCUT2D eigenvalue weighted by Crippen LogP contribution is 2.31. The highest BCUT2D eigenvalue weighted by molar-refractivity contribution is 5.97. The van der Waals surface area contributed by atoms with Crippen molar-refractivity contribution < 1.29 is 23.7 Å². The second-order valence-electron chi connectivity index (χ2n) is 7.40. The summed E-state index contributed by atoms with van der Waals surface area (Å²) in [7, 11) is 0. The molecule has 0 spiro atoms. The van der Waals surface area contributed by atoms with E-state index < -0.39 is 0 Å². The number of aromatic nitrogens is 2. The van der Waals surface area contributed by atoms with Gasteiger partial charge in [-0.1, -0.05) is 12.1 Å². The molecule has 8 heteroatoms. The molecule has 2 atom stereocenters. The van der Waals surface area contributed by atoms with Crippen molar-refractivity contribution >= 4 is 16.8 Å². The molecule has 2 unspecified atom stereocenters. The van der Waals surface area contributed by atoms with E-state index >= 15 is 0 Å². The lowest BCUT2D eigenvalue weighted by molar-refractivity contribution is -0.0855. The largest absolute Gasteiger partial charge is 0.486 e. The molecule has 5 rings (SSSR count). The molecule has 1 aromatic heterocycles. The van der Waals surface area contributed by atoms with E-state index in [4.69, 9.17) is 18.9 Å². The Morgan fingerprint density at radius 2 is 2.00 bits per heavy atom.